The third kappa shape index (κ3) is 4.81. The molecule has 0 aliphatic rings. The first kappa shape index (κ1) is 18.4. The molecule has 7 nitrogen and oxygen atoms in total. The van der Waals surface area contributed by atoms with Gasteiger partial charge in [0.15, 0.2) is 0 Å². The Bertz CT molecular complexity index is 926. The molecule has 0 atom stereocenters. The summed E-state index contributed by atoms with van der Waals surface area (Å²) in [5, 5.41) is 8.52. The summed E-state index contributed by atoms with van der Waals surface area (Å²) in [6.07, 6.45) is 3.82. The van der Waals surface area contributed by atoms with Crippen molar-refractivity contribution in [3.8, 4) is 5.82 Å². The second kappa shape index (κ2) is 8.31. The second-order valence-corrected chi connectivity index (χ2v) is 5.97. The number of carbonyl (C=O) groups excluding carboxylic acids is 1. The number of hydrogen-bond donors (Lipinski definition) is 3. The van der Waals surface area contributed by atoms with Gasteiger partial charge in [0.2, 0.25) is 0 Å². The molecule has 0 spiro atoms. The molecule has 140 valence electrons. The van der Waals surface area contributed by atoms with Crippen molar-refractivity contribution >= 4 is 17.5 Å². The van der Waals surface area contributed by atoms with Crippen molar-refractivity contribution in [2.45, 2.75) is 13.8 Å². The Hall–Kier alpha value is -3.42. The molecule has 2 heterocycles. The van der Waals surface area contributed by atoms with E-state index in [4.69, 9.17) is 0 Å². The summed E-state index contributed by atoms with van der Waals surface area (Å²) >= 11 is 0. The summed E-state index contributed by atoms with van der Waals surface area (Å²) in [5.74, 6) is 1.74. The zero-order chi connectivity index (χ0) is 19.2. The van der Waals surface area contributed by atoms with Crippen LogP contribution in [0.1, 0.15) is 11.4 Å². The van der Waals surface area contributed by atoms with Gasteiger partial charge < -0.3 is 20.5 Å². The average Bonchev–Trinajstić information content (AvgIpc) is 3.17. The van der Waals surface area contributed by atoms with Crippen LogP contribution in [0.25, 0.3) is 5.82 Å². The standard InChI is InChI=1S/C19H21FN6O/c1-13-15(20)6-5-7-16(13)25-19(27)22-9-8-21-17-12-18(24-14(2)23-17)26-10-3-4-11-26/h3-7,10-12H,8-9H2,1-2H3,(H,21,23,24)(H2,22,25,27). The molecular weight excluding hydrogens is 347 g/mol. The number of urea groups is 1. The summed E-state index contributed by atoms with van der Waals surface area (Å²) in [6, 6.07) is 9.86. The van der Waals surface area contributed by atoms with Crippen molar-refractivity contribution in [1.82, 2.24) is 19.9 Å². The first-order valence-electron chi connectivity index (χ1n) is 8.56. The van der Waals surface area contributed by atoms with E-state index in [1.54, 1.807) is 19.1 Å². The third-order valence-electron chi connectivity index (χ3n) is 3.93. The van der Waals surface area contributed by atoms with Crippen molar-refractivity contribution in [2.75, 3.05) is 23.7 Å². The van der Waals surface area contributed by atoms with E-state index in [2.05, 4.69) is 25.9 Å². The summed E-state index contributed by atoms with van der Waals surface area (Å²) in [6.45, 7) is 4.30. The number of nitrogens with one attached hydrogen (secondary N) is 3. The van der Waals surface area contributed by atoms with Gasteiger partial charge in [0, 0.05) is 42.8 Å². The van der Waals surface area contributed by atoms with Gasteiger partial charge in [0.25, 0.3) is 0 Å². The molecule has 3 rings (SSSR count). The molecule has 2 aromatic heterocycles. The van der Waals surface area contributed by atoms with Crippen LogP contribution in [0.2, 0.25) is 0 Å². The fraction of sp³-hybridized carbons (Fsp3) is 0.211. The van der Waals surface area contributed by atoms with E-state index >= 15 is 0 Å². The summed E-state index contributed by atoms with van der Waals surface area (Å²) in [7, 11) is 0. The van der Waals surface area contributed by atoms with Crippen LogP contribution in [0.5, 0.6) is 0 Å². The van der Waals surface area contributed by atoms with Crippen LogP contribution in [-0.2, 0) is 0 Å². The first-order valence-corrected chi connectivity index (χ1v) is 8.56. The van der Waals surface area contributed by atoms with Gasteiger partial charge in [0.05, 0.1) is 0 Å². The normalized spacial score (nSPS) is 10.5. The molecule has 0 fully saturated rings. The van der Waals surface area contributed by atoms with Crippen molar-refractivity contribution in [3.05, 3.63) is 66.0 Å². The van der Waals surface area contributed by atoms with Crippen LogP contribution >= 0.6 is 0 Å². The fourth-order valence-corrected chi connectivity index (χ4v) is 2.54. The molecule has 1 aromatic carbocycles. The van der Waals surface area contributed by atoms with Crippen LogP contribution in [-0.4, -0.2) is 33.7 Å². The number of carbonyl (C=O) groups is 1. The summed E-state index contributed by atoms with van der Waals surface area (Å²) < 4.78 is 15.4. The Labute approximate surface area is 156 Å². The lowest BCUT2D eigenvalue weighted by atomic mass is 10.2. The quantitative estimate of drug-likeness (QED) is 0.583. The van der Waals surface area contributed by atoms with E-state index in [9.17, 15) is 9.18 Å². The van der Waals surface area contributed by atoms with Crippen molar-refractivity contribution in [3.63, 3.8) is 0 Å². The van der Waals surface area contributed by atoms with E-state index < -0.39 is 6.03 Å². The Balaban J connectivity index is 1.50. The van der Waals surface area contributed by atoms with Gasteiger partial charge in [0.1, 0.15) is 23.3 Å². The topological polar surface area (TPSA) is 83.9 Å². The van der Waals surface area contributed by atoms with E-state index in [0.29, 0.717) is 36.0 Å². The molecule has 0 radical (unpaired) electrons. The second-order valence-electron chi connectivity index (χ2n) is 5.97. The third-order valence-corrected chi connectivity index (χ3v) is 3.93. The molecule has 0 aliphatic carbocycles. The maximum atomic E-state index is 13.5. The number of amides is 2. The predicted molar refractivity (Wildman–Crippen MR) is 103 cm³/mol. The monoisotopic (exact) mass is 368 g/mol. The first-order chi connectivity index (χ1) is 13.0. The maximum Gasteiger partial charge on any atom is 0.319 e. The van der Waals surface area contributed by atoms with Crippen molar-refractivity contribution in [2.24, 2.45) is 0 Å². The van der Waals surface area contributed by atoms with Crippen LogP contribution < -0.4 is 16.0 Å². The Morgan fingerprint density at radius 3 is 2.67 bits per heavy atom. The molecule has 3 aromatic rings. The largest absolute Gasteiger partial charge is 0.368 e. The van der Waals surface area contributed by atoms with Crippen LogP contribution in [0.3, 0.4) is 0 Å². The Morgan fingerprint density at radius 1 is 1.11 bits per heavy atom. The SMILES string of the molecule is Cc1nc(NCCNC(=O)Nc2cccc(F)c2C)cc(-n2cccc2)n1. The minimum Gasteiger partial charge on any atom is -0.368 e. The maximum absolute atomic E-state index is 13.5. The molecule has 2 amide bonds. The summed E-state index contributed by atoms with van der Waals surface area (Å²) in [4.78, 5) is 20.7. The number of benzene rings is 1. The average molecular weight is 368 g/mol. The van der Waals surface area contributed by atoms with Gasteiger partial charge in [-0.1, -0.05) is 6.07 Å². The molecule has 8 heteroatoms. The van der Waals surface area contributed by atoms with E-state index in [1.807, 2.05) is 42.1 Å². The van der Waals surface area contributed by atoms with Gasteiger partial charge in [-0.2, -0.15) is 0 Å². The molecule has 0 saturated carbocycles. The molecule has 0 bridgehead atoms. The van der Waals surface area contributed by atoms with E-state index in [0.717, 1.165) is 5.82 Å². The smallest absolute Gasteiger partial charge is 0.319 e. The molecule has 0 saturated heterocycles. The number of nitrogens with zero attached hydrogens (tertiary/aromatic N) is 3. The van der Waals surface area contributed by atoms with Crippen LogP contribution in [0.15, 0.2) is 48.8 Å². The summed E-state index contributed by atoms with van der Waals surface area (Å²) in [5.41, 5.74) is 0.850. The number of anilines is 2. The van der Waals surface area contributed by atoms with Crippen LogP contribution in [0, 0.1) is 19.7 Å². The molecular formula is C19H21FN6O. The molecule has 0 unspecified atom stereocenters. The van der Waals surface area contributed by atoms with Gasteiger partial charge in [-0.15, -0.1) is 0 Å². The lowest BCUT2D eigenvalue weighted by Gasteiger charge is -2.12. The number of aromatic nitrogens is 3. The fourth-order valence-electron chi connectivity index (χ4n) is 2.54. The molecule has 3 N–H and O–H groups in total. The Kier molecular flexibility index (Phi) is 5.65. The number of aryl methyl sites for hydroxylation is 1. The number of hydrogen-bond acceptors (Lipinski definition) is 4. The molecule has 27 heavy (non-hydrogen) atoms. The highest BCUT2D eigenvalue weighted by Gasteiger charge is 2.07. The number of halogens is 1. The lowest BCUT2D eigenvalue weighted by molar-refractivity contribution is 0.252. The minimum absolute atomic E-state index is 0.355. The highest BCUT2D eigenvalue weighted by Crippen LogP contribution is 2.17. The highest BCUT2D eigenvalue weighted by molar-refractivity contribution is 5.90. The van der Waals surface area contributed by atoms with E-state index in [1.165, 1.54) is 6.07 Å². The van der Waals surface area contributed by atoms with Crippen molar-refractivity contribution in [1.29, 1.82) is 0 Å². The van der Waals surface area contributed by atoms with Crippen molar-refractivity contribution < 1.29 is 9.18 Å². The van der Waals surface area contributed by atoms with Gasteiger partial charge >= 0.3 is 6.03 Å². The minimum atomic E-state index is -0.391. The van der Waals surface area contributed by atoms with Gasteiger partial charge in [-0.3, -0.25) is 0 Å². The van der Waals surface area contributed by atoms with Gasteiger partial charge in [-0.25, -0.2) is 19.2 Å². The predicted octanol–water partition coefficient (Wildman–Crippen LogP) is 3.26. The van der Waals surface area contributed by atoms with E-state index in [-0.39, 0.29) is 5.82 Å². The van der Waals surface area contributed by atoms with Gasteiger partial charge in [-0.05, 0) is 38.1 Å². The van der Waals surface area contributed by atoms with Crippen LogP contribution in [0.4, 0.5) is 20.7 Å². The zero-order valence-electron chi connectivity index (χ0n) is 15.2. The lowest BCUT2D eigenvalue weighted by Crippen LogP contribution is -2.33. The molecule has 0 aliphatic heterocycles. The zero-order valence-corrected chi connectivity index (χ0v) is 15.2. The highest BCUT2D eigenvalue weighted by atomic mass is 19.1. The number of rotatable bonds is 6. The Morgan fingerprint density at radius 2 is 1.89 bits per heavy atom.